The van der Waals surface area contributed by atoms with Crippen molar-refractivity contribution in [2.75, 3.05) is 29.9 Å². The van der Waals surface area contributed by atoms with Crippen molar-refractivity contribution in [3.05, 3.63) is 53.6 Å². The quantitative estimate of drug-likeness (QED) is 0.474. The largest absolute Gasteiger partial charge is 0.352 e. The van der Waals surface area contributed by atoms with Crippen LogP contribution in [0, 0.1) is 12.8 Å². The number of halogens is 1. The Morgan fingerprint density at radius 3 is 2.83 bits per heavy atom. The van der Waals surface area contributed by atoms with E-state index in [4.69, 9.17) is 23.8 Å². The highest BCUT2D eigenvalue weighted by Crippen LogP contribution is 2.27. The van der Waals surface area contributed by atoms with E-state index in [0.717, 1.165) is 52.7 Å². The van der Waals surface area contributed by atoms with Crippen LogP contribution in [0.1, 0.15) is 19.4 Å². The molecule has 30 heavy (non-hydrogen) atoms. The Morgan fingerprint density at radius 1 is 1.20 bits per heavy atom. The van der Waals surface area contributed by atoms with Crippen molar-refractivity contribution in [1.82, 2.24) is 19.9 Å². The normalized spacial score (nSPS) is 16.9. The van der Waals surface area contributed by atoms with Gasteiger partial charge in [0.1, 0.15) is 5.82 Å². The van der Waals surface area contributed by atoms with E-state index in [0.29, 0.717) is 5.92 Å². The highest BCUT2D eigenvalue weighted by Gasteiger charge is 2.32. The number of fused-ring (bicyclic) bond motifs is 1. The minimum atomic E-state index is 0.250. The third kappa shape index (κ3) is 4.18. The maximum Gasteiger partial charge on any atom is 0.224 e. The number of benzene rings is 1. The van der Waals surface area contributed by atoms with Gasteiger partial charge in [-0.2, -0.15) is 0 Å². The molecule has 1 atom stereocenters. The van der Waals surface area contributed by atoms with Crippen molar-refractivity contribution in [3.8, 4) is 0 Å². The van der Waals surface area contributed by atoms with E-state index in [1.165, 1.54) is 0 Å². The highest BCUT2D eigenvalue weighted by atomic mass is 35.5. The second-order valence-electron chi connectivity index (χ2n) is 7.90. The Labute approximate surface area is 187 Å². The second kappa shape index (κ2) is 8.70. The zero-order valence-electron chi connectivity index (χ0n) is 17.3. The standard InChI is InChI=1S/C22H25ClN6S/c1-14(2)19-13-28(20-15(3)12-25-21(23)27-20)10-11-29(19)22(30)26-18-8-4-7-17-16(18)6-5-9-24-17/h4-9,12,14,19H,10-11,13H2,1-3H3,(H,26,30). The number of aryl methyl sites for hydroxylation is 1. The molecule has 3 aromatic rings. The molecule has 3 heterocycles. The fourth-order valence-electron chi connectivity index (χ4n) is 3.96. The fraction of sp³-hybridized carbons (Fsp3) is 0.364. The molecule has 0 aliphatic carbocycles. The molecule has 8 heteroatoms. The number of aromatic nitrogens is 3. The Balaban J connectivity index is 1.55. The average molecular weight is 441 g/mol. The molecule has 0 bridgehead atoms. The van der Waals surface area contributed by atoms with Crippen LogP contribution in [0.2, 0.25) is 5.28 Å². The summed E-state index contributed by atoms with van der Waals surface area (Å²) in [6.45, 7) is 8.92. The summed E-state index contributed by atoms with van der Waals surface area (Å²) in [5.74, 6) is 1.32. The van der Waals surface area contributed by atoms with E-state index in [-0.39, 0.29) is 11.3 Å². The van der Waals surface area contributed by atoms with Crippen molar-refractivity contribution < 1.29 is 0 Å². The van der Waals surface area contributed by atoms with Crippen LogP contribution in [0.4, 0.5) is 11.5 Å². The summed E-state index contributed by atoms with van der Waals surface area (Å²) < 4.78 is 0. The molecular formula is C22H25ClN6S. The molecule has 1 aromatic carbocycles. The first kappa shape index (κ1) is 20.8. The Morgan fingerprint density at radius 2 is 2.03 bits per heavy atom. The van der Waals surface area contributed by atoms with E-state index >= 15 is 0 Å². The fourth-order valence-corrected chi connectivity index (χ4v) is 4.42. The Hall–Kier alpha value is -2.51. The summed E-state index contributed by atoms with van der Waals surface area (Å²) >= 11 is 11.9. The highest BCUT2D eigenvalue weighted by molar-refractivity contribution is 7.80. The van der Waals surface area contributed by atoms with Crippen molar-refractivity contribution >= 4 is 51.3 Å². The van der Waals surface area contributed by atoms with Gasteiger partial charge in [0.2, 0.25) is 5.28 Å². The van der Waals surface area contributed by atoms with Crippen LogP contribution in [0.25, 0.3) is 10.9 Å². The number of thiocarbonyl (C=S) groups is 1. The second-order valence-corrected chi connectivity index (χ2v) is 8.63. The van der Waals surface area contributed by atoms with Gasteiger partial charge in [-0.1, -0.05) is 19.9 Å². The third-order valence-electron chi connectivity index (χ3n) is 5.55. The molecule has 0 radical (unpaired) electrons. The van der Waals surface area contributed by atoms with Gasteiger partial charge < -0.3 is 15.1 Å². The molecule has 4 rings (SSSR count). The zero-order valence-corrected chi connectivity index (χ0v) is 18.9. The van der Waals surface area contributed by atoms with Crippen molar-refractivity contribution in [1.29, 1.82) is 0 Å². The summed E-state index contributed by atoms with van der Waals surface area (Å²) in [7, 11) is 0. The van der Waals surface area contributed by atoms with Crippen molar-refractivity contribution in [2.24, 2.45) is 5.92 Å². The first-order valence-electron chi connectivity index (χ1n) is 10.1. The van der Waals surface area contributed by atoms with Gasteiger partial charge in [-0.05, 0) is 60.9 Å². The van der Waals surface area contributed by atoms with Crippen LogP contribution >= 0.6 is 23.8 Å². The number of pyridine rings is 1. The van der Waals surface area contributed by atoms with Crippen LogP contribution in [-0.4, -0.2) is 50.6 Å². The number of hydrogen-bond acceptors (Lipinski definition) is 5. The SMILES string of the molecule is Cc1cnc(Cl)nc1N1CCN(C(=S)Nc2cccc3ncccc23)C(C(C)C)C1. The molecule has 1 N–H and O–H groups in total. The van der Waals surface area contributed by atoms with E-state index < -0.39 is 0 Å². The van der Waals surface area contributed by atoms with E-state index in [1.54, 1.807) is 12.4 Å². The lowest BCUT2D eigenvalue weighted by molar-refractivity contribution is 0.227. The zero-order chi connectivity index (χ0) is 21.3. The predicted octanol–water partition coefficient (Wildman–Crippen LogP) is 4.53. The molecular weight excluding hydrogens is 416 g/mol. The van der Waals surface area contributed by atoms with Crippen molar-refractivity contribution in [3.63, 3.8) is 0 Å². The number of nitrogens with zero attached hydrogens (tertiary/aromatic N) is 5. The molecule has 1 aliphatic rings. The van der Waals surface area contributed by atoms with Crippen LogP contribution < -0.4 is 10.2 Å². The minimum Gasteiger partial charge on any atom is -0.352 e. The molecule has 2 aromatic heterocycles. The first-order chi connectivity index (χ1) is 14.4. The Bertz CT molecular complexity index is 1070. The van der Waals surface area contributed by atoms with E-state index in [1.807, 2.05) is 31.2 Å². The van der Waals surface area contributed by atoms with Crippen LogP contribution in [0.5, 0.6) is 0 Å². The minimum absolute atomic E-state index is 0.250. The molecule has 0 amide bonds. The van der Waals surface area contributed by atoms with Crippen LogP contribution in [0.15, 0.2) is 42.7 Å². The van der Waals surface area contributed by atoms with Gasteiger partial charge in [-0.3, -0.25) is 4.98 Å². The summed E-state index contributed by atoms with van der Waals surface area (Å²) in [6, 6.07) is 10.3. The van der Waals surface area contributed by atoms with Gasteiger partial charge in [0.15, 0.2) is 5.11 Å². The maximum atomic E-state index is 6.06. The number of piperazine rings is 1. The lowest BCUT2D eigenvalue weighted by Crippen LogP contribution is -2.58. The van der Waals surface area contributed by atoms with Gasteiger partial charge >= 0.3 is 0 Å². The van der Waals surface area contributed by atoms with E-state index in [9.17, 15) is 0 Å². The van der Waals surface area contributed by atoms with Gasteiger partial charge in [-0.25, -0.2) is 9.97 Å². The Kier molecular flexibility index (Phi) is 6.01. The van der Waals surface area contributed by atoms with Gasteiger partial charge in [-0.15, -0.1) is 0 Å². The summed E-state index contributed by atoms with van der Waals surface area (Å²) in [5, 5.41) is 5.55. The molecule has 0 spiro atoms. The number of rotatable bonds is 3. The van der Waals surface area contributed by atoms with Crippen molar-refractivity contribution in [2.45, 2.75) is 26.8 Å². The summed E-state index contributed by atoms with van der Waals surface area (Å²) in [4.78, 5) is 17.6. The lowest BCUT2D eigenvalue weighted by atomic mass is 9.99. The van der Waals surface area contributed by atoms with Gasteiger partial charge in [0.25, 0.3) is 0 Å². The van der Waals surface area contributed by atoms with E-state index in [2.05, 4.69) is 50.0 Å². The van der Waals surface area contributed by atoms with Crippen LogP contribution in [-0.2, 0) is 0 Å². The number of nitrogens with one attached hydrogen (secondary N) is 1. The molecule has 6 nitrogen and oxygen atoms in total. The molecule has 1 fully saturated rings. The molecule has 1 aliphatic heterocycles. The topological polar surface area (TPSA) is 57.2 Å². The summed E-state index contributed by atoms with van der Waals surface area (Å²) in [5.41, 5.74) is 2.96. The lowest BCUT2D eigenvalue weighted by Gasteiger charge is -2.45. The molecule has 1 unspecified atom stereocenters. The van der Waals surface area contributed by atoms with Gasteiger partial charge in [0, 0.05) is 48.7 Å². The monoisotopic (exact) mass is 440 g/mol. The van der Waals surface area contributed by atoms with Crippen LogP contribution in [0.3, 0.4) is 0 Å². The summed E-state index contributed by atoms with van der Waals surface area (Å²) in [6.07, 6.45) is 3.59. The maximum absolute atomic E-state index is 6.06. The number of anilines is 2. The predicted molar refractivity (Wildman–Crippen MR) is 127 cm³/mol. The third-order valence-corrected chi connectivity index (χ3v) is 6.07. The molecule has 1 saturated heterocycles. The average Bonchev–Trinajstić information content (AvgIpc) is 2.75. The molecule has 156 valence electrons. The first-order valence-corrected chi connectivity index (χ1v) is 10.9. The molecule has 0 saturated carbocycles. The van der Waals surface area contributed by atoms with Gasteiger partial charge in [0.05, 0.1) is 11.6 Å². The smallest absolute Gasteiger partial charge is 0.224 e. The number of hydrogen-bond donors (Lipinski definition) is 1.